The van der Waals surface area contributed by atoms with Gasteiger partial charge in [-0.1, -0.05) is 84.0 Å². The Hall–Kier alpha value is -2.79. The first-order valence-corrected chi connectivity index (χ1v) is 15.0. The maximum absolute atomic E-state index is 14.0. The number of carbonyl (C=O) groups excluding carboxylic acids is 1. The third kappa shape index (κ3) is 4.64. The van der Waals surface area contributed by atoms with Gasteiger partial charge in [0, 0.05) is 21.3 Å². The Morgan fingerprint density at radius 2 is 1.92 bits per heavy atom. The standard InChI is InChI=1S/C28H25BrN4O3S2/c1-16(2)22-12-20-23(14-36-22)38-26-24(20)25(35)32(13-17-6-4-3-5-7-17)27-30-31-28(33(26)27)37-15-21(34)18-8-10-19(29)11-9-18/h3-11,16,22H,12-15H2,1-2H3. The Kier molecular flexibility index (Phi) is 6.98. The third-order valence-electron chi connectivity index (χ3n) is 6.85. The first-order chi connectivity index (χ1) is 18.4. The van der Waals surface area contributed by atoms with E-state index in [2.05, 4.69) is 40.0 Å². The molecule has 194 valence electrons. The minimum Gasteiger partial charge on any atom is -0.372 e. The number of Topliss-reactive ketones (excluding diaryl/α,β-unsaturated/α-hetero) is 1. The lowest BCUT2D eigenvalue weighted by Gasteiger charge is -2.26. The number of hydrogen-bond donors (Lipinski definition) is 0. The number of hydrogen-bond acceptors (Lipinski definition) is 7. The Morgan fingerprint density at radius 3 is 2.66 bits per heavy atom. The van der Waals surface area contributed by atoms with Crippen LogP contribution in [0.3, 0.4) is 0 Å². The van der Waals surface area contributed by atoms with E-state index >= 15 is 0 Å². The molecule has 1 atom stereocenters. The molecule has 6 rings (SSSR count). The summed E-state index contributed by atoms with van der Waals surface area (Å²) in [4.78, 5) is 28.8. The van der Waals surface area contributed by atoms with Crippen molar-refractivity contribution in [2.24, 2.45) is 5.92 Å². The quantitative estimate of drug-likeness (QED) is 0.167. The molecule has 2 aromatic carbocycles. The van der Waals surface area contributed by atoms with Crippen molar-refractivity contribution in [1.82, 2.24) is 19.2 Å². The molecule has 0 aliphatic carbocycles. The molecule has 7 nitrogen and oxygen atoms in total. The lowest BCUT2D eigenvalue weighted by molar-refractivity contribution is 0.00200. The highest BCUT2D eigenvalue weighted by Gasteiger charge is 2.30. The molecule has 0 spiro atoms. The number of benzene rings is 2. The molecule has 10 heteroatoms. The molecule has 3 aromatic heterocycles. The predicted octanol–water partition coefficient (Wildman–Crippen LogP) is 5.99. The van der Waals surface area contributed by atoms with Crippen LogP contribution in [0.1, 0.15) is 40.2 Å². The molecule has 0 bridgehead atoms. The second-order valence-corrected chi connectivity index (χ2v) is 12.6. The van der Waals surface area contributed by atoms with Crippen LogP contribution in [0.2, 0.25) is 0 Å². The molecule has 5 aromatic rings. The summed E-state index contributed by atoms with van der Waals surface area (Å²) in [5.74, 6) is 1.04. The van der Waals surface area contributed by atoms with Gasteiger partial charge in [-0.3, -0.25) is 14.2 Å². The zero-order valence-electron chi connectivity index (χ0n) is 20.9. The molecule has 0 fully saturated rings. The number of ether oxygens (including phenoxy) is 1. The van der Waals surface area contributed by atoms with Crippen LogP contribution in [0, 0.1) is 5.92 Å². The average molecular weight is 610 g/mol. The van der Waals surface area contributed by atoms with Crippen LogP contribution in [0.25, 0.3) is 16.0 Å². The van der Waals surface area contributed by atoms with E-state index in [0.29, 0.717) is 47.4 Å². The van der Waals surface area contributed by atoms with Crippen molar-refractivity contribution < 1.29 is 9.53 Å². The van der Waals surface area contributed by atoms with E-state index in [0.717, 1.165) is 25.3 Å². The normalized spacial score (nSPS) is 15.4. The van der Waals surface area contributed by atoms with E-state index in [1.54, 1.807) is 15.9 Å². The molecule has 1 aliphatic heterocycles. The van der Waals surface area contributed by atoms with E-state index < -0.39 is 0 Å². The van der Waals surface area contributed by atoms with Crippen LogP contribution in [-0.4, -0.2) is 36.8 Å². The van der Waals surface area contributed by atoms with Gasteiger partial charge in [0.2, 0.25) is 5.78 Å². The van der Waals surface area contributed by atoms with Crippen LogP contribution in [0.5, 0.6) is 0 Å². The van der Waals surface area contributed by atoms with Crippen LogP contribution in [0.4, 0.5) is 0 Å². The van der Waals surface area contributed by atoms with E-state index in [9.17, 15) is 9.59 Å². The zero-order valence-corrected chi connectivity index (χ0v) is 24.1. The van der Waals surface area contributed by atoms with Crippen molar-refractivity contribution in [2.45, 2.75) is 44.7 Å². The summed E-state index contributed by atoms with van der Waals surface area (Å²) in [6, 6.07) is 17.2. The molecule has 0 saturated carbocycles. The van der Waals surface area contributed by atoms with Crippen molar-refractivity contribution >= 4 is 60.8 Å². The summed E-state index contributed by atoms with van der Waals surface area (Å²) in [5.41, 5.74) is 2.66. The summed E-state index contributed by atoms with van der Waals surface area (Å²) < 4.78 is 10.7. The maximum Gasteiger partial charge on any atom is 0.264 e. The number of thioether (sulfide) groups is 1. The number of halogens is 1. The van der Waals surface area contributed by atoms with Crippen LogP contribution >= 0.6 is 39.0 Å². The molecule has 0 radical (unpaired) electrons. The minimum absolute atomic E-state index is 0.00625. The molecule has 1 unspecified atom stereocenters. The van der Waals surface area contributed by atoms with Crippen LogP contribution < -0.4 is 5.56 Å². The van der Waals surface area contributed by atoms with Gasteiger partial charge in [0.15, 0.2) is 10.9 Å². The van der Waals surface area contributed by atoms with E-state index in [1.165, 1.54) is 11.8 Å². The Labute approximate surface area is 236 Å². The average Bonchev–Trinajstić information content (AvgIpc) is 3.52. The monoisotopic (exact) mass is 608 g/mol. The van der Waals surface area contributed by atoms with Gasteiger partial charge in [0.05, 0.1) is 30.4 Å². The topological polar surface area (TPSA) is 78.5 Å². The zero-order chi connectivity index (χ0) is 26.4. The lowest BCUT2D eigenvalue weighted by atomic mass is 9.96. The first kappa shape index (κ1) is 25.5. The van der Waals surface area contributed by atoms with E-state index in [1.807, 2.05) is 59.0 Å². The number of fused-ring (bicyclic) bond motifs is 5. The molecule has 4 heterocycles. The minimum atomic E-state index is -0.0619. The SMILES string of the molecule is CC(C)C1Cc2c(sc3c2c(=O)n(Cc2ccccc2)c2nnc(SCC(=O)c4ccc(Br)cc4)n32)CO1. The number of rotatable bonds is 7. The van der Waals surface area contributed by atoms with E-state index in [-0.39, 0.29) is 23.2 Å². The summed E-state index contributed by atoms with van der Waals surface area (Å²) in [7, 11) is 0. The highest BCUT2D eigenvalue weighted by atomic mass is 79.9. The molecule has 0 N–H and O–H groups in total. The van der Waals surface area contributed by atoms with Crippen molar-refractivity contribution in [3.8, 4) is 0 Å². The Bertz CT molecular complexity index is 1710. The molecular formula is C28H25BrN4O3S2. The van der Waals surface area contributed by atoms with Gasteiger partial charge < -0.3 is 4.74 Å². The summed E-state index contributed by atoms with van der Waals surface area (Å²) in [6.07, 6.45) is 0.766. The van der Waals surface area contributed by atoms with Crippen molar-refractivity contribution in [2.75, 3.05) is 5.75 Å². The largest absolute Gasteiger partial charge is 0.372 e. The van der Waals surface area contributed by atoms with Gasteiger partial charge in [-0.2, -0.15) is 0 Å². The summed E-state index contributed by atoms with van der Waals surface area (Å²) in [5, 5.41) is 10.2. The number of nitrogens with zero attached hydrogens (tertiary/aromatic N) is 4. The second-order valence-electron chi connectivity index (χ2n) is 9.70. The lowest BCUT2D eigenvalue weighted by Crippen LogP contribution is -2.28. The summed E-state index contributed by atoms with van der Waals surface area (Å²) in [6.45, 7) is 5.17. The van der Waals surface area contributed by atoms with E-state index in [4.69, 9.17) is 4.74 Å². The molecule has 1 aliphatic rings. The van der Waals surface area contributed by atoms with Gasteiger partial charge in [-0.05, 0) is 29.2 Å². The fourth-order valence-corrected chi connectivity index (χ4v) is 7.16. The van der Waals surface area contributed by atoms with Crippen LogP contribution in [0.15, 0.2) is 69.0 Å². The molecule has 0 amide bonds. The van der Waals surface area contributed by atoms with Gasteiger partial charge in [-0.15, -0.1) is 21.5 Å². The Balaban J connectivity index is 1.47. The number of aromatic nitrogens is 4. The number of ketones is 1. The highest BCUT2D eigenvalue weighted by Crippen LogP contribution is 2.37. The predicted molar refractivity (Wildman–Crippen MR) is 154 cm³/mol. The van der Waals surface area contributed by atoms with Crippen molar-refractivity contribution in [3.05, 3.63) is 91.0 Å². The first-order valence-electron chi connectivity index (χ1n) is 12.4. The maximum atomic E-state index is 14.0. The van der Waals surface area contributed by atoms with Crippen LogP contribution in [-0.2, 0) is 24.3 Å². The highest BCUT2D eigenvalue weighted by molar-refractivity contribution is 9.10. The fourth-order valence-electron chi connectivity index (χ4n) is 4.77. The number of carbonyl (C=O) groups is 1. The molecular weight excluding hydrogens is 584 g/mol. The van der Waals surface area contributed by atoms with Crippen molar-refractivity contribution in [3.63, 3.8) is 0 Å². The smallest absolute Gasteiger partial charge is 0.264 e. The van der Waals surface area contributed by atoms with Gasteiger partial charge in [-0.25, -0.2) is 4.40 Å². The van der Waals surface area contributed by atoms with Gasteiger partial charge >= 0.3 is 0 Å². The molecule has 38 heavy (non-hydrogen) atoms. The Morgan fingerprint density at radius 1 is 1.16 bits per heavy atom. The van der Waals surface area contributed by atoms with Crippen molar-refractivity contribution in [1.29, 1.82) is 0 Å². The fraction of sp³-hybridized carbons (Fsp3) is 0.286. The molecule has 0 saturated heterocycles. The number of thiophene rings is 1. The van der Waals surface area contributed by atoms with Gasteiger partial charge in [0.1, 0.15) is 4.83 Å². The second kappa shape index (κ2) is 10.4. The van der Waals surface area contributed by atoms with Gasteiger partial charge in [0.25, 0.3) is 5.56 Å². The third-order valence-corrected chi connectivity index (χ3v) is 9.50. The summed E-state index contributed by atoms with van der Waals surface area (Å²) >= 11 is 6.32.